The predicted molar refractivity (Wildman–Crippen MR) is 118 cm³/mol. The summed E-state index contributed by atoms with van der Waals surface area (Å²) in [5.74, 6) is 0.694. The third-order valence-electron chi connectivity index (χ3n) is 4.57. The fourth-order valence-corrected chi connectivity index (χ4v) is 3.23. The van der Waals surface area contributed by atoms with Crippen molar-refractivity contribution in [2.75, 3.05) is 32.1 Å². The van der Waals surface area contributed by atoms with Crippen molar-refractivity contribution in [1.29, 1.82) is 0 Å². The highest BCUT2D eigenvalue weighted by Gasteiger charge is 2.17. The summed E-state index contributed by atoms with van der Waals surface area (Å²) in [7, 11) is 1.62. The summed E-state index contributed by atoms with van der Waals surface area (Å²) in [5, 5.41) is 4.67. The number of anilines is 1. The monoisotopic (exact) mass is 406 g/mol. The molecule has 0 aliphatic carbocycles. The normalized spacial score (nSPS) is 10.5. The first-order valence-corrected chi connectivity index (χ1v) is 9.96. The van der Waals surface area contributed by atoms with Crippen molar-refractivity contribution < 1.29 is 19.1 Å². The summed E-state index contributed by atoms with van der Waals surface area (Å²) in [6.07, 6.45) is 0. The molecule has 3 rings (SSSR count). The van der Waals surface area contributed by atoms with E-state index in [1.165, 1.54) is 4.90 Å². The average molecular weight is 406 g/mol. The number of amides is 2. The Hall–Kier alpha value is -3.54. The second kappa shape index (κ2) is 9.78. The molecule has 0 unspecified atom stereocenters. The number of nitrogens with one attached hydrogen (secondary N) is 1. The zero-order valence-electron chi connectivity index (χ0n) is 17.5. The Balaban J connectivity index is 1.69. The van der Waals surface area contributed by atoms with Crippen LogP contribution < -0.4 is 14.8 Å². The maximum Gasteiger partial charge on any atom is 0.254 e. The lowest BCUT2D eigenvalue weighted by Crippen LogP contribution is -2.35. The van der Waals surface area contributed by atoms with Crippen molar-refractivity contribution in [1.82, 2.24) is 4.90 Å². The molecule has 1 N–H and O–H groups in total. The van der Waals surface area contributed by atoms with Crippen LogP contribution in [0.3, 0.4) is 0 Å². The van der Waals surface area contributed by atoms with Crippen molar-refractivity contribution in [2.45, 2.75) is 13.8 Å². The molecular formula is C24H26N2O4. The molecule has 0 aromatic heterocycles. The molecule has 0 fully saturated rings. The topological polar surface area (TPSA) is 67.9 Å². The van der Waals surface area contributed by atoms with Crippen LogP contribution in [0.15, 0.2) is 60.7 Å². The van der Waals surface area contributed by atoms with E-state index in [0.29, 0.717) is 36.0 Å². The minimum Gasteiger partial charge on any atom is -0.490 e. The SMILES string of the molecule is CCOc1ccc(NC(=O)CN(C)C(=O)c2cccc3ccccc23)cc1OCC. The number of carbonyl (C=O) groups excluding carboxylic acids is 2. The summed E-state index contributed by atoms with van der Waals surface area (Å²) < 4.78 is 11.1. The van der Waals surface area contributed by atoms with Gasteiger partial charge in [0.25, 0.3) is 5.91 Å². The van der Waals surface area contributed by atoms with Gasteiger partial charge in [-0.2, -0.15) is 0 Å². The molecule has 2 amide bonds. The Morgan fingerprint density at radius 2 is 1.60 bits per heavy atom. The van der Waals surface area contributed by atoms with Crippen LogP contribution >= 0.6 is 0 Å². The van der Waals surface area contributed by atoms with Gasteiger partial charge in [-0.3, -0.25) is 9.59 Å². The van der Waals surface area contributed by atoms with Gasteiger partial charge >= 0.3 is 0 Å². The van der Waals surface area contributed by atoms with Gasteiger partial charge in [0, 0.05) is 24.4 Å². The number of hydrogen-bond donors (Lipinski definition) is 1. The van der Waals surface area contributed by atoms with Crippen LogP contribution in [0.5, 0.6) is 11.5 Å². The first-order valence-electron chi connectivity index (χ1n) is 9.96. The molecule has 0 radical (unpaired) electrons. The molecule has 0 saturated carbocycles. The maximum atomic E-state index is 12.9. The second-order valence-corrected chi connectivity index (χ2v) is 6.76. The van der Waals surface area contributed by atoms with Crippen molar-refractivity contribution >= 4 is 28.3 Å². The van der Waals surface area contributed by atoms with Crippen LogP contribution in [0.1, 0.15) is 24.2 Å². The lowest BCUT2D eigenvalue weighted by atomic mass is 10.0. The van der Waals surface area contributed by atoms with E-state index in [1.807, 2.05) is 50.2 Å². The Bertz CT molecular complexity index is 1040. The quantitative estimate of drug-likeness (QED) is 0.604. The number of nitrogens with zero attached hydrogens (tertiary/aromatic N) is 1. The number of ether oxygens (including phenoxy) is 2. The molecule has 6 heteroatoms. The number of hydrogen-bond acceptors (Lipinski definition) is 4. The van der Waals surface area contributed by atoms with E-state index in [4.69, 9.17) is 9.47 Å². The summed E-state index contributed by atoms with van der Waals surface area (Å²) in [4.78, 5) is 26.8. The van der Waals surface area contributed by atoms with E-state index < -0.39 is 0 Å². The first-order chi connectivity index (χ1) is 14.5. The highest BCUT2D eigenvalue weighted by Crippen LogP contribution is 2.30. The minimum atomic E-state index is -0.294. The molecule has 0 bridgehead atoms. The Morgan fingerprint density at radius 3 is 2.37 bits per heavy atom. The van der Waals surface area contributed by atoms with Crippen molar-refractivity contribution in [2.24, 2.45) is 0 Å². The number of fused-ring (bicyclic) bond motifs is 1. The molecule has 0 heterocycles. The van der Waals surface area contributed by atoms with Gasteiger partial charge in [-0.25, -0.2) is 0 Å². The number of rotatable bonds is 8. The molecule has 0 aliphatic heterocycles. The van der Waals surface area contributed by atoms with Crippen LogP contribution in [-0.4, -0.2) is 43.5 Å². The van der Waals surface area contributed by atoms with E-state index >= 15 is 0 Å². The van der Waals surface area contributed by atoms with Gasteiger partial charge in [0.05, 0.1) is 19.8 Å². The molecule has 0 aliphatic rings. The van der Waals surface area contributed by atoms with Crippen molar-refractivity contribution in [3.63, 3.8) is 0 Å². The van der Waals surface area contributed by atoms with Gasteiger partial charge in [-0.1, -0.05) is 36.4 Å². The van der Waals surface area contributed by atoms with Crippen LogP contribution in [0.25, 0.3) is 10.8 Å². The molecule has 0 spiro atoms. The zero-order valence-corrected chi connectivity index (χ0v) is 17.5. The van der Waals surface area contributed by atoms with Crippen LogP contribution in [0.4, 0.5) is 5.69 Å². The Morgan fingerprint density at radius 1 is 0.900 bits per heavy atom. The number of benzene rings is 3. The minimum absolute atomic E-state index is 0.0702. The Kier molecular flexibility index (Phi) is 6.91. The maximum absolute atomic E-state index is 12.9. The standard InChI is InChI=1S/C24H26N2O4/c1-4-29-21-14-13-18(15-22(21)30-5-2)25-23(27)16-26(3)24(28)20-12-8-10-17-9-6-7-11-19(17)20/h6-15H,4-5,16H2,1-3H3,(H,25,27). The molecule has 0 atom stereocenters. The highest BCUT2D eigenvalue weighted by molar-refractivity contribution is 6.08. The molecule has 156 valence electrons. The van der Waals surface area contributed by atoms with E-state index in [-0.39, 0.29) is 18.4 Å². The van der Waals surface area contributed by atoms with Gasteiger partial charge < -0.3 is 19.7 Å². The van der Waals surface area contributed by atoms with E-state index in [0.717, 1.165) is 10.8 Å². The van der Waals surface area contributed by atoms with E-state index in [2.05, 4.69) is 5.32 Å². The van der Waals surface area contributed by atoms with Gasteiger partial charge in [-0.05, 0) is 42.8 Å². The number of carbonyl (C=O) groups is 2. The molecular weight excluding hydrogens is 380 g/mol. The smallest absolute Gasteiger partial charge is 0.254 e. The Labute approximate surface area is 176 Å². The summed E-state index contributed by atoms with van der Waals surface area (Å²) >= 11 is 0. The second-order valence-electron chi connectivity index (χ2n) is 6.76. The van der Waals surface area contributed by atoms with Gasteiger partial charge in [0.2, 0.25) is 5.91 Å². The first kappa shape index (κ1) is 21.2. The summed E-state index contributed by atoms with van der Waals surface area (Å²) in [6, 6.07) is 18.5. The molecule has 3 aromatic carbocycles. The van der Waals surface area contributed by atoms with Gasteiger partial charge in [-0.15, -0.1) is 0 Å². The van der Waals surface area contributed by atoms with E-state index in [9.17, 15) is 9.59 Å². The lowest BCUT2D eigenvalue weighted by molar-refractivity contribution is -0.116. The molecule has 6 nitrogen and oxygen atoms in total. The van der Waals surface area contributed by atoms with Gasteiger partial charge in [0.15, 0.2) is 11.5 Å². The van der Waals surface area contributed by atoms with Crippen molar-refractivity contribution in [3.05, 3.63) is 66.2 Å². The summed E-state index contributed by atoms with van der Waals surface area (Å²) in [5.41, 5.74) is 1.15. The highest BCUT2D eigenvalue weighted by atomic mass is 16.5. The van der Waals surface area contributed by atoms with E-state index in [1.54, 1.807) is 31.3 Å². The third kappa shape index (κ3) is 4.89. The lowest BCUT2D eigenvalue weighted by Gasteiger charge is -2.18. The molecule has 0 saturated heterocycles. The largest absolute Gasteiger partial charge is 0.490 e. The zero-order chi connectivity index (χ0) is 21.5. The van der Waals surface area contributed by atoms with Crippen LogP contribution in [-0.2, 0) is 4.79 Å². The average Bonchev–Trinajstić information content (AvgIpc) is 2.75. The number of likely N-dealkylation sites (N-methyl/N-ethyl adjacent to an activating group) is 1. The predicted octanol–water partition coefficient (Wildman–Crippen LogP) is 4.35. The molecule has 30 heavy (non-hydrogen) atoms. The van der Waals surface area contributed by atoms with Crippen LogP contribution in [0, 0.1) is 0 Å². The van der Waals surface area contributed by atoms with Crippen LogP contribution in [0.2, 0.25) is 0 Å². The summed E-state index contributed by atoms with van der Waals surface area (Å²) in [6.45, 7) is 4.72. The van der Waals surface area contributed by atoms with Crippen molar-refractivity contribution in [3.8, 4) is 11.5 Å². The third-order valence-corrected chi connectivity index (χ3v) is 4.57. The van der Waals surface area contributed by atoms with Gasteiger partial charge in [0.1, 0.15) is 0 Å². The fraction of sp³-hybridized carbons (Fsp3) is 0.250. The molecule has 3 aromatic rings. The fourth-order valence-electron chi connectivity index (χ4n) is 3.23.